The van der Waals surface area contributed by atoms with Crippen molar-refractivity contribution in [2.45, 2.75) is 41.8 Å². The number of halogens is 3. The van der Waals surface area contributed by atoms with E-state index < -0.39 is 50.5 Å². The predicted octanol–water partition coefficient (Wildman–Crippen LogP) is 2.92. The summed E-state index contributed by atoms with van der Waals surface area (Å²) in [6.45, 7) is 3.47. The normalized spacial score (nSPS) is 13.1. The molecule has 2 aromatic rings. The van der Waals surface area contributed by atoms with Gasteiger partial charge in [0, 0.05) is 11.4 Å². The molecule has 0 radical (unpaired) electrons. The molecule has 1 aromatic heterocycles. The van der Waals surface area contributed by atoms with Gasteiger partial charge in [-0.15, -0.1) is 24.5 Å². The zero-order valence-corrected chi connectivity index (χ0v) is 17.9. The van der Waals surface area contributed by atoms with Gasteiger partial charge in [0.2, 0.25) is 15.7 Å². The van der Waals surface area contributed by atoms with Crippen molar-refractivity contribution in [3.8, 4) is 5.75 Å². The third-order valence-electron chi connectivity index (χ3n) is 3.85. The van der Waals surface area contributed by atoms with Crippen LogP contribution in [0.4, 0.5) is 18.9 Å². The summed E-state index contributed by atoms with van der Waals surface area (Å²) >= 11 is 0.674. The van der Waals surface area contributed by atoms with Gasteiger partial charge in [0.15, 0.2) is 0 Å². The Morgan fingerprint density at radius 3 is 2.42 bits per heavy atom. The maximum Gasteiger partial charge on any atom is 0.573 e. The smallest absolute Gasteiger partial charge is 0.406 e. The third-order valence-corrected chi connectivity index (χ3v) is 7.11. The van der Waals surface area contributed by atoms with Crippen LogP contribution in [0.5, 0.6) is 5.75 Å². The molecule has 170 valence electrons. The number of thiophene rings is 1. The van der Waals surface area contributed by atoms with E-state index in [0.29, 0.717) is 17.4 Å². The van der Waals surface area contributed by atoms with Gasteiger partial charge in [-0.25, -0.2) is 8.42 Å². The van der Waals surface area contributed by atoms with Gasteiger partial charge in [0.1, 0.15) is 16.1 Å². The minimum absolute atomic E-state index is 0.0412. The topological polar surface area (TPSA) is 136 Å². The molecule has 2 rings (SSSR count). The number of nitrogens with two attached hydrogens (primary N) is 1. The lowest BCUT2D eigenvalue weighted by Crippen LogP contribution is -2.29. The van der Waals surface area contributed by atoms with E-state index in [0.717, 1.165) is 18.2 Å². The second kappa shape index (κ2) is 9.24. The monoisotopic (exact) mass is 480 g/mol. The number of aliphatic hydroxyl groups excluding tert-OH is 1. The van der Waals surface area contributed by atoms with Crippen LogP contribution in [-0.2, 0) is 14.6 Å². The second-order valence-corrected chi connectivity index (χ2v) is 9.92. The van der Waals surface area contributed by atoms with E-state index in [2.05, 4.69) is 10.1 Å². The molecule has 4 N–H and O–H groups in total. The highest BCUT2D eigenvalue weighted by molar-refractivity contribution is 7.93. The summed E-state index contributed by atoms with van der Waals surface area (Å²) in [7, 11) is -4.36. The number of nitrogens with one attached hydrogen (secondary N) is 1. The average Bonchev–Trinajstić information content (AvgIpc) is 3.11. The summed E-state index contributed by atoms with van der Waals surface area (Å²) in [4.78, 5) is 23.0. The van der Waals surface area contributed by atoms with Crippen molar-refractivity contribution in [1.82, 2.24) is 0 Å². The fourth-order valence-electron chi connectivity index (χ4n) is 2.50. The van der Waals surface area contributed by atoms with Gasteiger partial charge in [-0.1, -0.05) is 13.8 Å². The molecule has 1 unspecified atom stereocenters. The summed E-state index contributed by atoms with van der Waals surface area (Å²) in [5.41, 5.74) is 4.53. The molecule has 31 heavy (non-hydrogen) atoms. The lowest BCUT2D eigenvalue weighted by Gasteiger charge is -2.17. The fraction of sp³-hybridized carbons (Fsp3) is 0.333. The molecule has 0 aliphatic heterocycles. The third kappa shape index (κ3) is 6.42. The number of benzene rings is 1. The van der Waals surface area contributed by atoms with E-state index in [-0.39, 0.29) is 22.1 Å². The first-order valence-electron chi connectivity index (χ1n) is 8.73. The van der Waals surface area contributed by atoms with E-state index in [1.165, 1.54) is 5.38 Å². The second-order valence-electron chi connectivity index (χ2n) is 6.86. The number of carbonyl (C=O) groups is 2. The molecular formula is C18H19F3N2O6S2. The minimum atomic E-state index is -5.05. The molecule has 2 amide bonds. The molecule has 0 aliphatic rings. The molecule has 0 bridgehead atoms. The number of anilines is 1. The van der Waals surface area contributed by atoms with Crippen molar-refractivity contribution in [3.05, 3.63) is 35.2 Å². The molecule has 13 heteroatoms. The quantitative estimate of drug-likeness (QED) is 0.532. The minimum Gasteiger partial charge on any atom is -0.406 e. The Morgan fingerprint density at radius 1 is 1.26 bits per heavy atom. The Hall–Kier alpha value is -2.64. The highest BCUT2D eigenvalue weighted by Gasteiger charge is 2.33. The first-order chi connectivity index (χ1) is 14.2. The van der Waals surface area contributed by atoms with E-state index >= 15 is 0 Å². The lowest BCUT2D eigenvalue weighted by molar-refractivity contribution is -0.274. The van der Waals surface area contributed by atoms with Crippen LogP contribution in [0.25, 0.3) is 0 Å². The molecule has 0 saturated heterocycles. The van der Waals surface area contributed by atoms with Crippen LogP contribution in [0.2, 0.25) is 0 Å². The molecule has 8 nitrogen and oxygen atoms in total. The summed E-state index contributed by atoms with van der Waals surface area (Å²) in [5.74, 6) is -2.72. The Labute approximate surface area is 179 Å². The molecule has 0 saturated carbocycles. The van der Waals surface area contributed by atoms with E-state index in [9.17, 15) is 36.3 Å². The van der Waals surface area contributed by atoms with Gasteiger partial charge < -0.3 is 20.9 Å². The van der Waals surface area contributed by atoms with Gasteiger partial charge in [0.25, 0.3) is 5.91 Å². The first-order valence-corrected chi connectivity index (χ1v) is 11.1. The summed E-state index contributed by atoms with van der Waals surface area (Å²) in [6.07, 6.45) is -6.53. The molecule has 1 heterocycles. The van der Waals surface area contributed by atoms with Gasteiger partial charge in [-0.2, -0.15) is 0 Å². The van der Waals surface area contributed by atoms with E-state index in [1.54, 1.807) is 13.8 Å². The van der Waals surface area contributed by atoms with Crippen molar-refractivity contribution in [2.75, 3.05) is 5.32 Å². The molecule has 0 fully saturated rings. The number of sulfone groups is 1. The zero-order chi connectivity index (χ0) is 23.6. The summed E-state index contributed by atoms with van der Waals surface area (Å²) in [5, 5.41) is 13.3. The highest BCUT2D eigenvalue weighted by Crippen LogP contribution is 2.35. The van der Waals surface area contributed by atoms with Gasteiger partial charge >= 0.3 is 6.36 Å². The van der Waals surface area contributed by atoms with Crippen molar-refractivity contribution < 1.29 is 41.0 Å². The van der Waals surface area contributed by atoms with Crippen LogP contribution in [0.3, 0.4) is 0 Å². The fourth-order valence-corrected chi connectivity index (χ4v) is 5.19. The Kier molecular flexibility index (Phi) is 7.34. The predicted molar refractivity (Wildman–Crippen MR) is 106 cm³/mol. The van der Waals surface area contributed by atoms with Gasteiger partial charge in [-0.3, -0.25) is 9.59 Å². The van der Waals surface area contributed by atoms with Crippen LogP contribution >= 0.6 is 11.3 Å². The maximum absolute atomic E-state index is 13.0. The summed E-state index contributed by atoms with van der Waals surface area (Å²) in [6, 6.07) is 3.29. The maximum atomic E-state index is 13.0. The Morgan fingerprint density at radius 2 is 1.90 bits per heavy atom. The molecule has 0 spiro atoms. The number of aliphatic hydroxyl groups is 1. The van der Waals surface area contributed by atoms with Crippen LogP contribution in [0.1, 0.15) is 30.6 Å². The molecule has 1 aromatic carbocycles. The van der Waals surface area contributed by atoms with Crippen molar-refractivity contribution in [3.63, 3.8) is 0 Å². The summed E-state index contributed by atoms with van der Waals surface area (Å²) < 4.78 is 67.2. The average molecular weight is 480 g/mol. The largest absolute Gasteiger partial charge is 0.573 e. The van der Waals surface area contributed by atoms with Crippen LogP contribution < -0.4 is 15.8 Å². The number of amides is 2. The first kappa shape index (κ1) is 24.6. The van der Waals surface area contributed by atoms with Gasteiger partial charge in [0.05, 0.1) is 16.1 Å². The number of alkyl halides is 3. The van der Waals surface area contributed by atoms with Crippen molar-refractivity contribution >= 4 is 38.7 Å². The van der Waals surface area contributed by atoms with Crippen molar-refractivity contribution in [1.29, 1.82) is 0 Å². The van der Waals surface area contributed by atoms with Crippen molar-refractivity contribution in [2.24, 2.45) is 11.7 Å². The standard InChI is InChI=1S/C18H19F3N2O6S2/c1-9(2)5-13(24)17(26)23-12-7-11(29-18(19,20)21)3-4-14(12)31(27,28)15-6-10(8-30-15)16(22)25/h3-4,6-9,13,24H,5H2,1-2H3,(H2,22,25)(H,23,26). The van der Waals surface area contributed by atoms with E-state index in [4.69, 9.17) is 5.73 Å². The van der Waals surface area contributed by atoms with Crippen LogP contribution in [0.15, 0.2) is 38.8 Å². The number of hydrogen-bond donors (Lipinski definition) is 3. The Balaban J connectivity index is 2.51. The number of hydrogen-bond acceptors (Lipinski definition) is 7. The zero-order valence-electron chi connectivity index (χ0n) is 16.3. The SMILES string of the molecule is CC(C)CC(O)C(=O)Nc1cc(OC(F)(F)F)ccc1S(=O)(=O)c1cc(C(N)=O)cs1. The van der Waals surface area contributed by atoms with Gasteiger partial charge in [-0.05, 0) is 30.5 Å². The molecular weight excluding hydrogens is 461 g/mol. The molecule has 1 atom stereocenters. The number of carbonyl (C=O) groups excluding carboxylic acids is 2. The van der Waals surface area contributed by atoms with E-state index in [1.807, 2.05) is 0 Å². The molecule has 0 aliphatic carbocycles. The Bertz CT molecular complexity index is 1080. The van der Waals surface area contributed by atoms with Crippen LogP contribution in [-0.4, -0.2) is 37.8 Å². The number of rotatable bonds is 8. The number of primary amides is 1. The lowest BCUT2D eigenvalue weighted by atomic mass is 10.1. The number of ether oxygens (including phenoxy) is 1. The highest BCUT2D eigenvalue weighted by atomic mass is 32.2. The van der Waals surface area contributed by atoms with Crippen LogP contribution in [0, 0.1) is 5.92 Å².